The van der Waals surface area contributed by atoms with Crippen LogP contribution in [0.4, 0.5) is 0 Å². The fourth-order valence-corrected chi connectivity index (χ4v) is 4.11. The van der Waals surface area contributed by atoms with Crippen molar-refractivity contribution in [2.75, 3.05) is 13.1 Å². The summed E-state index contributed by atoms with van der Waals surface area (Å²) in [7, 11) is 0. The molecule has 1 aromatic rings. The maximum Gasteiger partial charge on any atom is 0.263 e. The van der Waals surface area contributed by atoms with Crippen LogP contribution in [0.15, 0.2) is 17.5 Å². The molecule has 3 heterocycles. The first-order valence-electron chi connectivity index (χ1n) is 7.73. The van der Waals surface area contributed by atoms with Gasteiger partial charge in [0.05, 0.1) is 10.8 Å². The SMILES string of the molecule is CC1CCCC(C)N1C(=O)C1CN(C(=O)c2cccs2)C1. The predicted octanol–water partition coefficient (Wildman–Crippen LogP) is 2.61. The second kappa shape index (κ2) is 5.79. The van der Waals surface area contributed by atoms with Crippen LogP contribution in [0.25, 0.3) is 0 Å². The van der Waals surface area contributed by atoms with Gasteiger partial charge in [0.25, 0.3) is 5.91 Å². The van der Waals surface area contributed by atoms with Gasteiger partial charge in [0, 0.05) is 25.2 Å². The van der Waals surface area contributed by atoms with Crippen LogP contribution in [0, 0.1) is 5.92 Å². The van der Waals surface area contributed by atoms with Crippen molar-refractivity contribution < 1.29 is 9.59 Å². The van der Waals surface area contributed by atoms with Gasteiger partial charge < -0.3 is 9.80 Å². The van der Waals surface area contributed by atoms with Crippen LogP contribution in [0.3, 0.4) is 0 Å². The normalized spacial score (nSPS) is 26.6. The molecule has 0 spiro atoms. The number of hydrogen-bond donors (Lipinski definition) is 0. The van der Waals surface area contributed by atoms with E-state index in [4.69, 9.17) is 0 Å². The van der Waals surface area contributed by atoms with Crippen LogP contribution in [0.1, 0.15) is 42.8 Å². The Morgan fingerprint density at radius 1 is 1.19 bits per heavy atom. The largest absolute Gasteiger partial charge is 0.337 e. The maximum atomic E-state index is 12.6. The molecule has 1 aromatic heterocycles. The highest BCUT2D eigenvalue weighted by molar-refractivity contribution is 7.12. The monoisotopic (exact) mass is 306 g/mol. The number of piperidine rings is 1. The van der Waals surface area contributed by atoms with Crippen molar-refractivity contribution in [2.45, 2.75) is 45.2 Å². The summed E-state index contributed by atoms with van der Waals surface area (Å²) in [6.07, 6.45) is 3.40. The molecule has 0 aromatic carbocycles. The molecule has 2 aliphatic heterocycles. The summed E-state index contributed by atoms with van der Waals surface area (Å²) in [5, 5.41) is 1.91. The smallest absolute Gasteiger partial charge is 0.263 e. The second-order valence-corrected chi connectivity index (χ2v) is 7.21. The molecule has 2 fully saturated rings. The van der Waals surface area contributed by atoms with E-state index < -0.39 is 0 Å². The average molecular weight is 306 g/mol. The van der Waals surface area contributed by atoms with Gasteiger partial charge in [-0.2, -0.15) is 0 Å². The molecule has 2 saturated heterocycles. The van der Waals surface area contributed by atoms with Gasteiger partial charge in [-0.1, -0.05) is 6.07 Å². The highest BCUT2D eigenvalue weighted by Crippen LogP contribution is 2.28. The lowest BCUT2D eigenvalue weighted by molar-refractivity contribution is -0.146. The third kappa shape index (κ3) is 2.71. The van der Waals surface area contributed by atoms with Crippen molar-refractivity contribution in [2.24, 2.45) is 5.92 Å². The Balaban J connectivity index is 1.58. The van der Waals surface area contributed by atoms with Crippen LogP contribution >= 0.6 is 11.3 Å². The number of carbonyl (C=O) groups is 2. The Bertz CT molecular complexity index is 512. The fraction of sp³-hybridized carbons (Fsp3) is 0.625. The Kier molecular flexibility index (Phi) is 4.02. The van der Waals surface area contributed by atoms with E-state index in [2.05, 4.69) is 18.7 Å². The average Bonchev–Trinajstić information content (AvgIpc) is 2.90. The minimum atomic E-state index is -0.00286. The lowest BCUT2D eigenvalue weighted by atomic mass is 9.92. The Labute approximate surface area is 129 Å². The number of hydrogen-bond acceptors (Lipinski definition) is 3. The molecule has 4 nitrogen and oxygen atoms in total. The van der Waals surface area contributed by atoms with E-state index in [1.54, 1.807) is 4.90 Å². The van der Waals surface area contributed by atoms with E-state index in [9.17, 15) is 9.59 Å². The van der Waals surface area contributed by atoms with E-state index in [0.717, 1.165) is 17.7 Å². The highest BCUT2D eigenvalue weighted by Gasteiger charge is 2.41. The number of rotatable bonds is 2. The number of carbonyl (C=O) groups excluding carboxylic acids is 2. The molecule has 2 amide bonds. The van der Waals surface area contributed by atoms with Crippen molar-refractivity contribution in [3.63, 3.8) is 0 Å². The zero-order chi connectivity index (χ0) is 15.0. The molecule has 0 N–H and O–H groups in total. The summed E-state index contributed by atoms with van der Waals surface area (Å²) < 4.78 is 0. The van der Waals surface area contributed by atoms with Crippen LogP contribution in [-0.2, 0) is 4.79 Å². The third-order valence-electron chi connectivity index (χ3n) is 4.70. The fourth-order valence-electron chi connectivity index (χ4n) is 3.42. The van der Waals surface area contributed by atoms with Gasteiger partial charge in [0.1, 0.15) is 0 Å². The number of thiophene rings is 1. The van der Waals surface area contributed by atoms with E-state index in [-0.39, 0.29) is 17.7 Å². The van der Waals surface area contributed by atoms with Crippen molar-refractivity contribution in [1.29, 1.82) is 0 Å². The van der Waals surface area contributed by atoms with Crippen molar-refractivity contribution in [1.82, 2.24) is 9.80 Å². The van der Waals surface area contributed by atoms with Gasteiger partial charge in [0.2, 0.25) is 5.91 Å². The van der Waals surface area contributed by atoms with Crippen LogP contribution in [0.2, 0.25) is 0 Å². The summed E-state index contributed by atoms with van der Waals surface area (Å²) in [5.41, 5.74) is 0. The second-order valence-electron chi connectivity index (χ2n) is 6.26. The summed E-state index contributed by atoms with van der Waals surface area (Å²) in [4.78, 5) is 29.4. The third-order valence-corrected chi connectivity index (χ3v) is 5.56. The van der Waals surface area contributed by atoms with Gasteiger partial charge in [0.15, 0.2) is 0 Å². The van der Waals surface area contributed by atoms with Crippen molar-refractivity contribution in [3.8, 4) is 0 Å². The molecule has 0 bridgehead atoms. The molecule has 114 valence electrons. The zero-order valence-corrected chi connectivity index (χ0v) is 13.4. The van der Waals surface area contributed by atoms with Crippen LogP contribution < -0.4 is 0 Å². The lowest BCUT2D eigenvalue weighted by Crippen LogP contribution is -2.59. The number of amides is 2. The topological polar surface area (TPSA) is 40.6 Å². The molecule has 21 heavy (non-hydrogen) atoms. The minimum absolute atomic E-state index is 0.00286. The van der Waals surface area contributed by atoms with Gasteiger partial charge in [-0.05, 0) is 44.6 Å². The predicted molar refractivity (Wildman–Crippen MR) is 83.3 cm³/mol. The molecule has 0 aliphatic carbocycles. The molecule has 2 aliphatic rings. The molecule has 2 atom stereocenters. The van der Waals surface area contributed by atoms with Crippen LogP contribution in [0.5, 0.6) is 0 Å². The van der Waals surface area contributed by atoms with E-state index in [1.807, 2.05) is 17.5 Å². The van der Waals surface area contributed by atoms with Gasteiger partial charge >= 0.3 is 0 Å². The molecular formula is C16H22N2O2S. The highest BCUT2D eigenvalue weighted by atomic mass is 32.1. The zero-order valence-electron chi connectivity index (χ0n) is 12.6. The Hall–Kier alpha value is -1.36. The summed E-state index contributed by atoms with van der Waals surface area (Å²) in [6.45, 7) is 5.43. The van der Waals surface area contributed by atoms with Gasteiger partial charge in [-0.25, -0.2) is 0 Å². The Morgan fingerprint density at radius 3 is 2.43 bits per heavy atom. The molecule has 0 radical (unpaired) electrons. The first-order valence-corrected chi connectivity index (χ1v) is 8.61. The summed E-state index contributed by atoms with van der Waals surface area (Å²) in [6, 6.07) is 4.40. The molecule has 2 unspecified atom stereocenters. The van der Waals surface area contributed by atoms with Crippen molar-refractivity contribution in [3.05, 3.63) is 22.4 Å². The molecular weight excluding hydrogens is 284 g/mol. The maximum absolute atomic E-state index is 12.6. The van der Waals surface area contributed by atoms with Crippen molar-refractivity contribution >= 4 is 23.2 Å². The van der Waals surface area contributed by atoms with E-state index in [0.29, 0.717) is 25.2 Å². The lowest BCUT2D eigenvalue weighted by Gasteiger charge is -2.45. The van der Waals surface area contributed by atoms with E-state index >= 15 is 0 Å². The molecule has 0 saturated carbocycles. The van der Waals surface area contributed by atoms with Gasteiger partial charge in [-0.15, -0.1) is 11.3 Å². The van der Waals surface area contributed by atoms with Crippen LogP contribution in [-0.4, -0.2) is 46.8 Å². The first kappa shape index (κ1) is 14.6. The molecule has 3 rings (SSSR count). The number of nitrogens with zero attached hydrogens (tertiary/aromatic N) is 2. The van der Waals surface area contributed by atoms with Gasteiger partial charge in [-0.3, -0.25) is 9.59 Å². The molecule has 5 heteroatoms. The Morgan fingerprint density at radius 2 is 1.86 bits per heavy atom. The summed E-state index contributed by atoms with van der Waals surface area (Å²) in [5.74, 6) is 0.302. The summed E-state index contributed by atoms with van der Waals surface area (Å²) >= 11 is 1.46. The standard InChI is InChI=1S/C16H22N2O2S/c1-11-5-3-6-12(2)18(11)15(19)13-9-17(10-13)16(20)14-7-4-8-21-14/h4,7-8,11-13H,3,5-6,9-10H2,1-2H3. The van der Waals surface area contributed by atoms with E-state index in [1.165, 1.54) is 17.8 Å². The first-order chi connectivity index (χ1) is 10.1. The minimum Gasteiger partial charge on any atom is -0.337 e. The number of likely N-dealkylation sites (tertiary alicyclic amines) is 2. The quantitative estimate of drug-likeness (QED) is 0.842.